The lowest BCUT2D eigenvalue weighted by Crippen LogP contribution is -2.27. The fourth-order valence-electron chi connectivity index (χ4n) is 1.75. The van der Waals surface area contributed by atoms with Crippen LogP contribution in [-0.2, 0) is 6.54 Å². The summed E-state index contributed by atoms with van der Waals surface area (Å²) in [6, 6.07) is 1.95. The molecule has 6 heteroatoms. The molecule has 2 aromatic heterocycles. The van der Waals surface area contributed by atoms with Crippen molar-refractivity contribution in [3.05, 3.63) is 35.2 Å². The van der Waals surface area contributed by atoms with Gasteiger partial charge in [0.2, 0.25) is 0 Å². The second-order valence-corrected chi connectivity index (χ2v) is 4.10. The van der Waals surface area contributed by atoms with Crippen LogP contribution >= 0.6 is 0 Å². The van der Waals surface area contributed by atoms with Gasteiger partial charge in [0.05, 0.1) is 6.54 Å². The number of hydrogen-bond acceptors (Lipinski definition) is 3. The highest BCUT2D eigenvalue weighted by Crippen LogP contribution is 2.11. The van der Waals surface area contributed by atoms with Crippen molar-refractivity contribution in [2.24, 2.45) is 0 Å². The third kappa shape index (κ3) is 2.35. The molecule has 0 aliphatic heterocycles. The molecule has 90 valence electrons. The number of carbonyl (C=O) groups is 1. The number of aromatic nitrogens is 4. The SMILES string of the molecule is Cc1cc(C)c(C(=O)N(C)Cc2ncn[nH]2)[nH]1. The second-order valence-electron chi connectivity index (χ2n) is 4.10. The van der Waals surface area contributed by atoms with Gasteiger partial charge in [-0.25, -0.2) is 4.98 Å². The van der Waals surface area contributed by atoms with E-state index in [0.29, 0.717) is 18.1 Å². The summed E-state index contributed by atoms with van der Waals surface area (Å²) in [7, 11) is 1.74. The number of hydrogen-bond donors (Lipinski definition) is 2. The van der Waals surface area contributed by atoms with Gasteiger partial charge < -0.3 is 9.88 Å². The van der Waals surface area contributed by atoms with E-state index in [4.69, 9.17) is 0 Å². The summed E-state index contributed by atoms with van der Waals surface area (Å²) in [4.78, 5) is 20.8. The van der Waals surface area contributed by atoms with Crippen LogP contribution in [0.1, 0.15) is 27.6 Å². The number of rotatable bonds is 3. The predicted molar refractivity (Wildman–Crippen MR) is 62.4 cm³/mol. The molecule has 0 saturated carbocycles. The van der Waals surface area contributed by atoms with E-state index in [1.54, 1.807) is 11.9 Å². The van der Waals surface area contributed by atoms with Crippen molar-refractivity contribution in [1.29, 1.82) is 0 Å². The van der Waals surface area contributed by atoms with E-state index >= 15 is 0 Å². The predicted octanol–water partition coefficient (Wildman–Crippen LogP) is 1.02. The average molecular weight is 233 g/mol. The highest BCUT2D eigenvalue weighted by atomic mass is 16.2. The summed E-state index contributed by atoms with van der Waals surface area (Å²) >= 11 is 0. The van der Waals surface area contributed by atoms with Crippen LogP contribution < -0.4 is 0 Å². The Balaban J connectivity index is 2.12. The van der Waals surface area contributed by atoms with Crippen LogP contribution in [0.5, 0.6) is 0 Å². The van der Waals surface area contributed by atoms with Crippen molar-refractivity contribution < 1.29 is 4.79 Å². The van der Waals surface area contributed by atoms with E-state index in [0.717, 1.165) is 11.3 Å². The van der Waals surface area contributed by atoms with Gasteiger partial charge in [-0.3, -0.25) is 9.89 Å². The minimum Gasteiger partial charge on any atom is -0.354 e. The number of amides is 1. The lowest BCUT2D eigenvalue weighted by molar-refractivity contribution is 0.0775. The molecule has 0 bridgehead atoms. The molecule has 2 aromatic rings. The van der Waals surface area contributed by atoms with Crippen molar-refractivity contribution in [2.45, 2.75) is 20.4 Å². The molecule has 0 unspecified atom stereocenters. The zero-order chi connectivity index (χ0) is 12.4. The molecule has 0 aromatic carbocycles. The summed E-state index contributed by atoms with van der Waals surface area (Å²) in [5.74, 6) is 0.619. The van der Waals surface area contributed by atoms with Gasteiger partial charge >= 0.3 is 0 Å². The first-order valence-corrected chi connectivity index (χ1v) is 5.34. The Bertz CT molecular complexity index is 514. The van der Waals surface area contributed by atoms with E-state index in [-0.39, 0.29) is 5.91 Å². The molecule has 17 heavy (non-hydrogen) atoms. The maximum absolute atomic E-state index is 12.1. The van der Waals surface area contributed by atoms with Crippen LogP contribution in [0.2, 0.25) is 0 Å². The lowest BCUT2D eigenvalue weighted by Gasteiger charge is -2.15. The minimum atomic E-state index is -0.0491. The maximum Gasteiger partial charge on any atom is 0.270 e. The molecule has 1 amide bonds. The highest BCUT2D eigenvalue weighted by molar-refractivity contribution is 5.93. The van der Waals surface area contributed by atoms with Crippen LogP contribution in [0.3, 0.4) is 0 Å². The molecular formula is C11H15N5O. The van der Waals surface area contributed by atoms with Gasteiger partial charge in [-0.05, 0) is 25.5 Å². The largest absolute Gasteiger partial charge is 0.354 e. The van der Waals surface area contributed by atoms with Crippen LogP contribution in [0.4, 0.5) is 0 Å². The van der Waals surface area contributed by atoms with E-state index in [1.165, 1.54) is 6.33 Å². The van der Waals surface area contributed by atoms with Crippen molar-refractivity contribution >= 4 is 5.91 Å². The Morgan fingerprint density at radius 3 is 2.76 bits per heavy atom. The molecule has 0 aliphatic rings. The van der Waals surface area contributed by atoms with Gasteiger partial charge in [-0.2, -0.15) is 5.10 Å². The first kappa shape index (κ1) is 11.4. The van der Waals surface area contributed by atoms with Crippen molar-refractivity contribution in [3.63, 3.8) is 0 Å². The molecule has 6 nitrogen and oxygen atoms in total. The average Bonchev–Trinajstić information content (AvgIpc) is 2.87. The van der Waals surface area contributed by atoms with Gasteiger partial charge in [0.15, 0.2) is 0 Å². The van der Waals surface area contributed by atoms with Crippen molar-refractivity contribution in [2.75, 3.05) is 7.05 Å². The number of nitrogens with one attached hydrogen (secondary N) is 2. The van der Waals surface area contributed by atoms with Gasteiger partial charge in [-0.15, -0.1) is 0 Å². The molecule has 0 fully saturated rings. The van der Waals surface area contributed by atoms with E-state index in [9.17, 15) is 4.79 Å². The van der Waals surface area contributed by atoms with Crippen LogP contribution in [0, 0.1) is 13.8 Å². The molecule has 2 rings (SSSR count). The van der Waals surface area contributed by atoms with Gasteiger partial charge in [0, 0.05) is 12.7 Å². The number of aryl methyl sites for hydroxylation is 2. The first-order valence-electron chi connectivity index (χ1n) is 5.34. The van der Waals surface area contributed by atoms with Gasteiger partial charge in [0.25, 0.3) is 5.91 Å². The number of carbonyl (C=O) groups excluding carboxylic acids is 1. The summed E-state index contributed by atoms with van der Waals surface area (Å²) in [5, 5.41) is 6.48. The zero-order valence-electron chi connectivity index (χ0n) is 10.1. The number of nitrogens with zero attached hydrogens (tertiary/aromatic N) is 3. The topological polar surface area (TPSA) is 77.7 Å². The Morgan fingerprint density at radius 2 is 2.24 bits per heavy atom. The van der Waals surface area contributed by atoms with Gasteiger partial charge in [0.1, 0.15) is 17.8 Å². The molecule has 0 saturated heterocycles. The van der Waals surface area contributed by atoms with E-state index < -0.39 is 0 Å². The molecule has 0 aliphatic carbocycles. The molecule has 0 atom stereocenters. The third-order valence-corrected chi connectivity index (χ3v) is 2.56. The second kappa shape index (κ2) is 4.40. The fraction of sp³-hybridized carbons (Fsp3) is 0.364. The van der Waals surface area contributed by atoms with E-state index in [2.05, 4.69) is 20.2 Å². The Kier molecular flexibility index (Phi) is 2.95. The zero-order valence-corrected chi connectivity index (χ0v) is 10.1. The Hall–Kier alpha value is -2.11. The summed E-state index contributed by atoms with van der Waals surface area (Å²) in [6.07, 6.45) is 1.43. The summed E-state index contributed by atoms with van der Waals surface area (Å²) in [6.45, 7) is 4.26. The fourth-order valence-corrected chi connectivity index (χ4v) is 1.75. The third-order valence-electron chi connectivity index (χ3n) is 2.56. The standard InChI is InChI=1S/C11H15N5O/c1-7-4-8(2)14-10(7)11(17)16(3)5-9-12-6-13-15-9/h4,6,14H,5H2,1-3H3,(H,12,13,15). The number of aromatic amines is 2. The Morgan fingerprint density at radius 1 is 1.47 bits per heavy atom. The number of H-pyrrole nitrogens is 2. The quantitative estimate of drug-likeness (QED) is 0.830. The normalized spacial score (nSPS) is 10.5. The van der Waals surface area contributed by atoms with Crippen LogP contribution in [-0.4, -0.2) is 38.0 Å². The molecule has 0 radical (unpaired) electrons. The molecule has 2 heterocycles. The van der Waals surface area contributed by atoms with Crippen molar-refractivity contribution in [3.8, 4) is 0 Å². The van der Waals surface area contributed by atoms with Crippen LogP contribution in [0.25, 0.3) is 0 Å². The highest BCUT2D eigenvalue weighted by Gasteiger charge is 2.17. The lowest BCUT2D eigenvalue weighted by atomic mass is 10.2. The molecule has 2 N–H and O–H groups in total. The monoisotopic (exact) mass is 233 g/mol. The molecular weight excluding hydrogens is 218 g/mol. The van der Waals surface area contributed by atoms with Crippen LogP contribution in [0.15, 0.2) is 12.4 Å². The first-order chi connectivity index (χ1) is 8.08. The van der Waals surface area contributed by atoms with Crippen molar-refractivity contribution in [1.82, 2.24) is 25.1 Å². The minimum absolute atomic E-state index is 0.0491. The van der Waals surface area contributed by atoms with E-state index in [1.807, 2.05) is 19.9 Å². The van der Waals surface area contributed by atoms with Gasteiger partial charge in [-0.1, -0.05) is 0 Å². The Labute approximate surface area is 99.1 Å². The maximum atomic E-state index is 12.1. The summed E-state index contributed by atoms with van der Waals surface area (Å²) < 4.78 is 0. The summed E-state index contributed by atoms with van der Waals surface area (Å²) in [5.41, 5.74) is 2.57. The molecule has 0 spiro atoms. The smallest absolute Gasteiger partial charge is 0.270 e.